The predicted octanol–water partition coefficient (Wildman–Crippen LogP) is 2.97. The van der Waals surface area contributed by atoms with Crippen molar-refractivity contribution in [2.24, 2.45) is 5.92 Å². The molecule has 5 rings (SSSR count). The average molecular weight is 365 g/mol. The molecule has 140 valence electrons. The van der Waals surface area contributed by atoms with Crippen LogP contribution in [0, 0.1) is 11.7 Å². The molecule has 1 saturated heterocycles. The van der Waals surface area contributed by atoms with Gasteiger partial charge in [0.1, 0.15) is 5.82 Å². The molecule has 1 amide bonds. The summed E-state index contributed by atoms with van der Waals surface area (Å²) < 4.78 is 14.3. The van der Waals surface area contributed by atoms with E-state index in [4.69, 9.17) is 0 Å². The maximum atomic E-state index is 14.3. The topological polar surface area (TPSA) is 35.6 Å². The van der Waals surface area contributed by atoms with Gasteiger partial charge in [0.05, 0.1) is 17.6 Å². The van der Waals surface area contributed by atoms with Crippen LogP contribution >= 0.6 is 0 Å². The van der Waals surface area contributed by atoms with Crippen molar-refractivity contribution in [2.75, 3.05) is 29.4 Å². The summed E-state index contributed by atoms with van der Waals surface area (Å²) in [5, 5.41) is 3.20. The molecule has 3 aliphatic rings. The van der Waals surface area contributed by atoms with E-state index in [-0.39, 0.29) is 23.7 Å². The van der Waals surface area contributed by atoms with Gasteiger partial charge in [0.25, 0.3) is 0 Å². The lowest BCUT2D eigenvalue weighted by Gasteiger charge is -2.49. The van der Waals surface area contributed by atoms with Crippen LogP contribution in [0.1, 0.15) is 18.4 Å². The highest BCUT2D eigenvalue weighted by atomic mass is 19.1. The van der Waals surface area contributed by atoms with Crippen LogP contribution in [-0.2, 0) is 11.2 Å². The number of carbonyl (C=O) groups is 1. The molecule has 1 N–H and O–H groups in total. The van der Waals surface area contributed by atoms with Crippen LogP contribution in [0.5, 0.6) is 0 Å². The molecule has 0 bridgehead atoms. The van der Waals surface area contributed by atoms with Crippen molar-refractivity contribution < 1.29 is 9.18 Å². The zero-order valence-corrected chi connectivity index (χ0v) is 15.3. The van der Waals surface area contributed by atoms with E-state index < -0.39 is 0 Å². The van der Waals surface area contributed by atoms with Crippen LogP contribution in [0.3, 0.4) is 0 Å². The second kappa shape index (κ2) is 6.55. The van der Waals surface area contributed by atoms with Crippen LogP contribution < -0.4 is 15.1 Å². The fourth-order valence-electron chi connectivity index (χ4n) is 4.52. The van der Waals surface area contributed by atoms with E-state index in [1.165, 1.54) is 17.3 Å². The molecule has 4 nitrogen and oxygen atoms in total. The molecule has 1 saturated carbocycles. The van der Waals surface area contributed by atoms with Gasteiger partial charge in [-0.3, -0.25) is 4.79 Å². The number of fused-ring (bicyclic) bond motifs is 3. The Hall–Kier alpha value is -2.56. The molecule has 2 fully saturated rings. The summed E-state index contributed by atoms with van der Waals surface area (Å²) in [7, 11) is 0. The number of nitrogens with zero attached hydrogens (tertiary/aromatic N) is 2. The minimum absolute atomic E-state index is 0.0620. The number of amides is 1. The Kier molecular flexibility index (Phi) is 4.03. The third-order valence-electron chi connectivity index (χ3n) is 6.08. The predicted molar refractivity (Wildman–Crippen MR) is 105 cm³/mol. The molecular formula is C22H24FN3O. The summed E-state index contributed by atoms with van der Waals surface area (Å²) in [5.41, 5.74) is 3.10. The van der Waals surface area contributed by atoms with Gasteiger partial charge >= 0.3 is 0 Å². The third-order valence-corrected chi connectivity index (χ3v) is 6.08. The molecule has 2 aromatic rings. The molecule has 5 heteroatoms. The molecule has 2 aromatic carbocycles. The number of rotatable bonds is 3. The summed E-state index contributed by atoms with van der Waals surface area (Å²) in [5.74, 6) is -0.145. The number of halogens is 1. The molecule has 0 spiro atoms. The number of carbonyl (C=O) groups excluding carboxylic acids is 1. The van der Waals surface area contributed by atoms with Gasteiger partial charge < -0.3 is 15.1 Å². The Labute approximate surface area is 159 Å². The Morgan fingerprint density at radius 1 is 1.00 bits per heavy atom. The largest absolute Gasteiger partial charge is 0.365 e. The van der Waals surface area contributed by atoms with Gasteiger partial charge in [-0.05, 0) is 43.0 Å². The Bertz CT molecular complexity index is 866. The monoisotopic (exact) mass is 365 g/mol. The van der Waals surface area contributed by atoms with Crippen LogP contribution in [0.25, 0.3) is 0 Å². The van der Waals surface area contributed by atoms with E-state index in [2.05, 4.69) is 33.3 Å². The zero-order chi connectivity index (χ0) is 18.4. The summed E-state index contributed by atoms with van der Waals surface area (Å²) >= 11 is 0. The van der Waals surface area contributed by atoms with E-state index in [9.17, 15) is 9.18 Å². The molecular weight excluding hydrogens is 341 g/mol. The maximum absolute atomic E-state index is 14.3. The minimum Gasteiger partial charge on any atom is -0.365 e. The van der Waals surface area contributed by atoms with Crippen molar-refractivity contribution in [1.29, 1.82) is 0 Å². The molecule has 27 heavy (non-hydrogen) atoms. The molecule has 2 atom stereocenters. The van der Waals surface area contributed by atoms with Crippen molar-refractivity contribution in [3.8, 4) is 0 Å². The van der Waals surface area contributed by atoms with Gasteiger partial charge in [0, 0.05) is 31.4 Å². The summed E-state index contributed by atoms with van der Waals surface area (Å²) in [6.07, 6.45) is 2.93. The zero-order valence-electron chi connectivity index (χ0n) is 15.3. The second-order valence-corrected chi connectivity index (χ2v) is 7.88. The molecule has 0 radical (unpaired) electrons. The van der Waals surface area contributed by atoms with Crippen molar-refractivity contribution in [3.05, 3.63) is 59.9 Å². The number of piperazine rings is 1. The van der Waals surface area contributed by atoms with Gasteiger partial charge in [-0.25, -0.2) is 4.39 Å². The average Bonchev–Trinajstić information content (AvgIpc) is 3.51. The first-order chi connectivity index (χ1) is 13.2. The van der Waals surface area contributed by atoms with E-state index >= 15 is 0 Å². The Morgan fingerprint density at radius 3 is 2.52 bits per heavy atom. The fourth-order valence-corrected chi connectivity index (χ4v) is 4.52. The number of anilines is 2. The summed E-state index contributed by atoms with van der Waals surface area (Å²) in [6.45, 7) is 2.21. The van der Waals surface area contributed by atoms with Crippen molar-refractivity contribution in [1.82, 2.24) is 5.32 Å². The van der Waals surface area contributed by atoms with Gasteiger partial charge in [0.2, 0.25) is 5.91 Å². The second-order valence-electron chi connectivity index (χ2n) is 7.88. The number of para-hydroxylation sites is 2. The third kappa shape index (κ3) is 3.05. The molecule has 2 aliphatic heterocycles. The highest BCUT2D eigenvalue weighted by Gasteiger charge is 2.42. The molecule has 2 unspecified atom stereocenters. The van der Waals surface area contributed by atoms with Crippen LogP contribution in [-0.4, -0.2) is 37.6 Å². The van der Waals surface area contributed by atoms with Crippen LogP contribution in [0.4, 0.5) is 15.8 Å². The summed E-state index contributed by atoms with van der Waals surface area (Å²) in [6, 6.07) is 15.7. The van der Waals surface area contributed by atoms with Gasteiger partial charge in [-0.15, -0.1) is 0 Å². The fraction of sp³-hybridized carbons (Fsp3) is 0.409. The van der Waals surface area contributed by atoms with E-state index in [0.29, 0.717) is 18.3 Å². The number of benzene rings is 2. The van der Waals surface area contributed by atoms with Gasteiger partial charge in [0.15, 0.2) is 0 Å². The highest BCUT2D eigenvalue weighted by molar-refractivity contribution is 5.83. The lowest BCUT2D eigenvalue weighted by Crippen LogP contribution is -2.61. The highest BCUT2D eigenvalue weighted by Crippen LogP contribution is 2.37. The van der Waals surface area contributed by atoms with Crippen molar-refractivity contribution in [2.45, 2.75) is 31.3 Å². The van der Waals surface area contributed by atoms with Crippen molar-refractivity contribution in [3.63, 3.8) is 0 Å². The standard InChI is InChI=1S/C22H24FN3O/c23-18-6-2-4-8-20(18)25-11-12-26-19-7-3-1-5-15(19)13-17(21(26)14-25)22(27)24-16-9-10-16/h1-8,16-17,21H,9-14H2,(H,24,27). The number of nitrogens with one attached hydrogen (secondary N) is 1. The maximum Gasteiger partial charge on any atom is 0.225 e. The normalized spacial score (nSPS) is 24.2. The minimum atomic E-state index is -0.193. The lowest BCUT2D eigenvalue weighted by molar-refractivity contribution is -0.126. The number of hydrogen-bond acceptors (Lipinski definition) is 3. The molecule has 0 aromatic heterocycles. The van der Waals surface area contributed by atoms with Gasteiger partial charge in [-0.2, -0.15) is 0 Å². The molecule has 2 heterocycles. The van der Waals surface area contributed by atoms with E-state index in [1.54, 1.807) is 6.07 Å². The first-order valence-electron chi connectivity index (χ1n) is 9.85. The first kappa shape index (κ1) is 16.6. The van der Waals surface area contributed by atoms with Crippen molar-refractivity contribution >= 4 is 17.3 Å². The van der Waals surface area contributed by atoms with E-state index in [1.807, 2.05) is 18.2 Å². The SMILES string of the molecule is O=C(NC1CC1)C1Cc2ccccc2N2CCN(c3ccccc3F)CC12. The van der Waals surface area contributed by atoms with E-state index in [0.717, 1.165) is 32.4 Å². The smallest absolute Gasteiger partial charge is 0.225 e. The molecule has 1 aliphatic carbocycles. The van der Waals surface area contributed by atoms with Crippen LogP contribution in [0.15, 0.2) is 48.5 Å². The van der Waals surface area contributed by atoms with Gasteiger partial charge in [-0.1, -0.05) is 30.3 Å². The Balaban J connectivity index is 1.47. The Morgan fingerprint density at radius 2 is 1.74 bits per heavy atom. The quantitative estimate of drug-likeness (QED) is 0.908. The van der Waals surface area contributed by atoms with Crippen LogP contribution in [0.2, 0.25) is 0 Å². The lowest BCUT2D eigenvalue weighted by atomic mass is 9.83. The summed E-state index contributed by atoms with van der Waals surface area (Å²) in [4.78, 5) is 17.5. The first-order valence-corrected chi connectivity index (χ1v) is 9.85. The number of hydrogen-bond donors (Lipinski definition) is 1.